The number of benzene rings is 1. The molecule has 1 aromatic carbocycles. The lowest BCUT2D eigenvalue weighted by atomic mass is 10.1. The predicted molar refractivity (Wildman–Crippen MR) is 71.0 cm³/mol. The Kier molecular flexibility index (Phi) is 4.50. The highest BCUT2D eigenvalue weighted by molar-refractivity contribution is 5.21. The van der Waals surface area contributed by atoms with Crippen LogP contribution in [-0.2, 0) is 26.6 Å². The third-order valence-electron chi connectivity index (χ3n) is 3.02. The second-order valence-electron chi connectivity index (χ2n) is 4.35. The number of hydrogen-bond donors (Lipinski definition) is 2. The lowest BCUT2D eigenvalue weighted by Crippen LogP contribution is -2.17. The van der Waals surface area contributed by atoms with Gasteiger partial charge in [-0.05, 0) is 17.2 Å². The Labute approximate surface area is 107 Å². The quantitative estimate of drug-likeness (QED) is 0.753. The number of rotatable bonds is 6. The molecule has 0 atom stereocenters. The predicted octanol–water partition coefficient (Wildman–Crippen LogP) is 1.24. The number of aliphatic hydroxyl groups is 1. The zero-order chi connectivity index (χ0) is 12.8. The van der Waals surface area contributed by atoms with Gasteiger partial charge in [0.2, 0.25) is 0 Å². The molecular weight excluding hydrogens is 226 g/mol. The van der Waals surface area contributed by atoms with Gasteiger partial charge in [-0.1, -0.05) is 24.3 Å². The minimum absolute atomic E-state index is 0.105. The molecule has 0 aliphatic rings. The summed E-state index contributed by atoms with van der Waals surface area (Å²) in [4.78, 5) is 0. The van der Waals surface area contributed by atoms with Crippen molar-refractivity contribution < 1.29 is 5.11 Å². The van der Waals surface area contributed by atoms with Crippen LogP contribution in [0.25, 0.3) is 0 Å². The Morgan fingerprint density at radius 2 is 1.89 bits per heavy atom. The maximum atomic E-state index is 8.95. The molecule has 0 bridgehead atoms. The van der Waals surface area contributed by atoms with Crippen LogP contribution in [-0.4, -0.2) is 21.4 Å². The summed E-state index contributed by atoms with van der Waals surface area (Å²) in [6.07, 6.45) is 2.80. The maximum absolute atomic E-state index is 8.95. The number of aromatic nitrogens is 2. The third kappa shape index (κ3) is 3.42. The maximum Gasteiger partial charge on any atom is 0.0681 e. The first-order valence-electron chi connectivity index (χ1n) is 6.16. The van der Waals surface area contributed by atoms with Crippen LogP contribution in [0.1, 0.15) is 16.8 Å². The zero-order valence-corrected chi connectivity index (χ0v) is 10.6. The molecule has 2 N–H and O–H groups in total. The van der Waals surface area contributed by atoms with Gasteiger partial charge in [-0.15, -0.1) is 0 Å². The minimum atomic E-state index is 0.105. The summed E-state index contributed by atoms with van der Waals surface area (Å²) in [5.74, 6) is 0. The summed E-state index contributed by atoms with van der Waals surface area (Å²) < 4.78 is 1.90. The Morgan fingerprint density at radius 1 is 1.17 bits per heavy atom. The first-order valence-corrected chi connectivity index (χ1v) is 6.16. The molecule has 18 heavy (non-hydrogen) atoms. The second-order valence-corrected chi connectivity index (χ2v) is 4.35. The van der Waals surface area contributed by atoms with E-state index in [-0.39, 0.29) is 6.61 Å². The van der Waals surface area contributed by atoms with Crippen LogP contribution in [0.2, 0.25) is 0 Å². The SMILES string of the molecule is Cn1nccc1CCNCc1ccc(CO)cc1. The third-order valence-corrected chi connectivity index (χ3v) is 3.02. The molecule has 0 unspecified atom stereocenters. The number of aliphatic hydroxyl groups excluding tert-OH is 1. The van der Waals surface area contributed by atoms with E-state index in [4.69, 9.17) is 5.11 Å². The molecule has 1 aromatic heterocycles. The highest BCUT2D eigenvalue weighted by atomic mass is 16.3. The van der Waals surface area contributed by atoms with Gasteiger partial charge in [0, 0.05) is 38.4 Å². The molecule has 0 saturated carbocycles. The monoisotopic (exact) mass is 245 g/mol. The van der Waals surface area contributed by atoms with Gasteiger partial charge in [0.1, 0.15) is 0 Å². The Balaban J connectivity index is 1.73. The van der Waals surface area contributed by atoms with Crippen molar-refractivity contribution in [2.45, 2.75) is 19.6 Å². The summed E-state index contributed by atoms with van der Waals surface area (Å²) in [6.45, 7) is 1.89. The second kappa shape index (κ2) is 6.33. The van der Waals surface area contributed by atoms with Gasteiger partial charge < -0.3 is 10.4 Å². The van der Waals surface area contributed by atoms with Gasteiger partial charge in [-0.25, -0.2) is 0 Å². The molecule has 2 aromatic rings. The Bertz CT molecular complexity index is 476. The van der Waals surface area contributed by atoms with Crippen molar-refractivity contribution in [3.8, 4) is 0 Å². The van der Waals surface area contributed by atoms with Gasteiger partial charge in [0.15, 0.2) is 0 Å². The average molecular weight is 245 g/mol. The van der Waals surface area contributed by atoms with E-state index in [0.29, 0.717) is 0 Å². The van der Waals surface area contributed by atoms with E-state index in [2.05, 4.69) is 10.4 Å². The summed E-state index contributed by atoms with van der Waals surface area (Å²) in [6, 6.07) is 10.0. The van der Waals surface area contributed by atoms with E-state index in [1.807, 2.05) is 48.3 Å². The topological polar surface area (TPSA) is 50.1 Å². The highest BCUT2D eigenvalue weighted by Crippen LogP contribution is 2.04. The Hall–Kier alpha value is -1.65. The number of hydrogen-bond acceptors (Lipinski definition) is 3. The molecule has 0 amide bonds. The standard InChI is InChI=1S/C14H19N3O/c1-17-14(7-9-16-17)6-8-15-10-12-2-4-13(11-18)5-3-12/h2-5,7,9,15,18H,6,8,10-11H2,1H3. The zero-order valence-electron chi connectivity index (χ0n) is 10.6. The number of nitrogens with one attached hydrogen (secondary N) is 1. The molecule has 0 radical (unpaired) electrons. The van der Waals surface area contributed by atoms with Crippen molar-refractivity contribution in [3.63, 3.8) is 0 Å². The van der Waals surface area contributed by atoms with Gasteiger partial charge in [-0.3, -0.25) is 4.68 Å². The van der Waals surface area contributed by atoms with Gasteiger partial charge in [0.25, 0.3) is 0 Å². The number of nitrogens with zero attached hydrogens (tertiary/aromatic N) is 2. The molecular formula is C14H19N3O. The van der Waals surface area contributed by atoms with Crippen LogP contribution in [0, 0.1) is 0 Å². The molecule has 1 heterocycles. The van der Waals surface area contributed by atoms with E-state index in [1.165, 1.54) is 11.3 Å². The lowest BCUT2D eigenvalue weighted by molar-refractivity contribution is 0.282. The molecule has 2 rings (SSSR count). The molecule has 0 spiro atoms. The molecule has 96 valence electrons. The van der Waals surface area contributed by atoms with Crippen LogP contribution in [0.5, 0.6) is 0 Å². The van der Waals surface area contributed by atoms with Crippen LogP contribution < -0.4 is 5.32 Å². The minimum Gasteiger partial charge on any atom is -0.392 e. The van der Waals surface area contributed by atoms with Crippen LogP contribution in [0.3, 0.4) is 0 Å². The van der Waals surface area contributed by atoms with Crippen molar-refractivity contribution in [2.75, 3.05) is 6.54 Å². The van der Waals surface area contributed by atoms with Gasteiger partial charge >= 0.3 is 0 Å². The number of aryl methyl sites for hydroxylation is 1. The average Bonchev–Trinajstić information content (AvgIpc) is 2.81. The van der Waals surface area contributed by atoms with Crippen LogP contribution in [0.4, 0.5) is 0 Å². The van der Waals surface area contributed by atoms with E-state index < -0.39 is 0 Å². The summed E-state index contributed by atoms with van der Waals surface area (Å²) in [5.41, 5.74) is 3.42. The fraction of sp³-hybridized carbons (Fsp3) is 0.357. The first kappa shape index (κ1) is 12.8. The highest BCUT2D eigenvalue weighted by Gasteiger charge is 1.98. The van der Waals surface area contributed by atoms with E-state index in [1.54, 1.807) is 0 Å². The van der Waals surface area contributed by atoms with Crippen molar-refractivity contribution >= 4 is 0 Å². The molecule has 4 nitrogen and oxygen atoms in total. The van der Waals surface area contributed by atoms with Gasteiger partial charge in [0.05, 0.1) is 6.61 Å². The summed E-state index contributed by atoms with van der Waals surface area (Å²) in [7, 11) is 1.96. The van der Waals surface area contributed by atoms with E-state index in [0.717, 1.165) is 25.1 Å². The van der Waals surface area contributed by atoms with E-state index in [9.17, 15) is 0 Å². The smallest absolute Gasteiger partial charge is 0.0681 e. The first-order chi connectivity index (χ1) is 8.79. The fourth-order valence-corrected chi connectivity index (χ4v) is 1.86. The fourth-order valence-electron chi connectivity index (χ4n) is 1.86. The van der Waals surface area contributed by atoms with Crippen molar-refractivity contribution in [3.05, 3.63) is 53.3 Å². The Morgan fingerprint density at radius 3 is 2.50 bits per heavy atom. The summed E-state index contributed by atoms with van der Waals surface area (Å²) >= 11 is 0. The van der Waals surface area contributed by atoms with Crippen molar-refractivity contribution in [1.29, 1.82) is 0 Å². The summed E-state index contributed by atoms with van der Waals surface area (Å²) in [5, 5.41) is 16.5. The van der Waals surface area contributed by atoms with E-state index >= 15 is 0 Å². The molecule has 0 fully saturated rings. The largest absolute Gasteiger partial charge is 0.392 e. The van der Waals surface area contributed by atoms with Crippen LogP contribution in [0.15, 0.2) is 36.5 Å². The molecule has 0 aliphatic carbocycles. The molecule has 4 heteroatoms. The van der Waals surface area contributed by atoms with Crippen molar-refractivity contribution in [2.24, 2.45) is 7.05 Å². The van der Waals surface area contributed by atoms with Gasteiger partial charge in [-0.2, -0.15) is 5.10 Å². The normalized spacial score (nSPS) is 10.8. The van der Waals surface area contributed by atoms with Crippen LogP contribution >= 0.6 is 0 Å². The van der Waals surface area contributed by atoms with Crippen molar-refractivity contribution in [1.82, 2.24) is 15.1 Å². The lowest BCUT2D eigenvalue weighted by Gasteiger charge is -2.06. The molecule has 0 saturated heterocycles. The molecule has 0 aliphatic heterocycles.